The van der Waals surface area contributed by atoms with E-state index >= 15 is 0 Å². The van der Waals surface area contributed by atoms with E-state index in [2.05, 4.69) is 11.2 Å². The number of nitrogens with zero attached hydrogens (tertiary/aromatic N) is 5. The number of rotatable bonds is 4. The van der Waals surface area contributed by atoms with E-state index in [0.717, 1.165) is 22.5 Å². The molecule has 0 bridgehead atoms. The Balaban J connectivity index is 1.50. The molecule has 2 aliphatic rings. The zero-order valence-electron chi connectivity index (χ0n) is 21.8. The van der Waals surface area contributed by atoms with Crippen molar-refractivity contribution in [2.24, 2.45) is 5.73 Å². The third-order valence-electron chi connectivity index (χ3n) is 7.35. The highest BCUT2D eigenvalue weighted by Crippen LogP contribution is 2.49. The molecule has 1 aliphatic heterocycles. The molecule has 4 aromatic rings. The van der Waals surface area contributed by atoms with Crippen molar-refractivity contribution >= 4 is 33.9 Å². The number of ketones is 1. The summed E-state index contributed by atoms with van der Waals surface area (Å²) in [4.78, 5) is 20.1. The van der Waals surface area contributed by atoms with Gasteiger partial charge in [-0.3, -0.25) is 9.69 Å². The molecule has 1 atom stereocenters. The zero-order chi connectivity index (χ0) is 28.1. The zero-order valence-corrected chi connectivity index (χ0v) is 23.4. The van der Waals surface area contributed by atoms with E-state index in [1.54, 1.807) is 21.7 Å². The molecule has 0 spiro atoms. The molecule has 10 heteroatoms. The quantitative estimate of drug-likeness (QED) is 0.293. The van der Waals surface area contributed by atoms with Crippen molar-refractivity contribution in [1.82, 2.24) is 14.8 Å². The number of nitriles is 1. The van der Waals surface area contributed by atoms with E-state index in [9.17, 15) is 14.4 Å². The van der Waals surface area contributed by atoms with Crippen molar-refractivity contribution in [3.05, 3.63) is 104 Å². The Bertz CT molecular complexity index is 1760. The van der Waals surface area contributed by atoms with Gasteiger partial charge in [0.25, 0.3) is 0 Å². The summed E-state index contributed by atoms with van der Waals surface area (Å²) in [5, 5.41) is 17.8. The van der Waals surface area contributed by atoms with Gasteiger partial charge in [-0.15, -0.1) is 11.3 Å². The van der Waals surface area contributed by atoms with Crippen LogP contribution in [0.1, 0.15) is 42.0 Å². The van der Waals surface area contributed by atoms with Crippen LogP contribution in [0.3, 0.4) is 0 Å². The molecule has 0 fully saturated rings. The van der Waals surface area contributed by atoms with Crippen molar-refractivity contribution in [3.8, 4) is 23.0 Å². The molecule has 40 heavy (non-hydrogen) atoms. The Morgan fingerprint density at radius 1 is 1.12 bits per heavy atom. The lowest BCUT2D eigenvalue weighted by atomic mass is 9.76. The Morgan fingerprint density at radius 3 is 2.55 bits per heavy atom. The molecule has 0 saturated carbocycles. The van der Waals surface area contributed by atoms with Crippen LogP contribution in [0, 0.1) is 31.0 Å². The van der Waals surface area contributed by atoms with Gasteiger partial charge in [0.2, 0.25) is 0 Å². The number of hydrogen-bond acceptors (Lipinski definition) is 7. The molecule has 2 N–H and O–H groups in total. The number of halogens is 2. The van der Waals surface area contributed by atoms with Gasteiger partial charge >= 0.3 is 0 Å². The second-order valence-electron chi connectivity index (χ2n) is 9.88. The van der Waals surface area contributed by atoms with Gasteiger partial charge in [0.15, 0.2) is 10.9 Å². The maximum absolute atomic E-state index is 13.6. The minimum atomic E-state index is -0.743. The van der Waals surface area contributed by atoms with Gasteiger partial charge in [-0.05, 0) is 63.1 Å². The molecule has 2 aromatic carbocycles. The number of hydrogen-bond donors (Lipinski definition) is 1. The first-order valence-corrected chi connectivity index (χ1v) is 14.0. The summed E-state index contributed by atoms with van der Waals surface area (Å²) in [6, 6.07) is 16.1. The van der Waals surface area contributed by atoms with Crippen LogP contribution in [0.15, 0.2) is 76.6 Å². The maximum Gasteiger partial charge on any atom is 0.195 e. The highest BCUT2D eigenvalue weighted by Gasteiger charge is 2.43. The number of nitrogens with two attached hydrogens (primary N) is 1. The third kappa shape index (κ3) is 4.21. The minimum Gasteiger partial charge on any atom is -0.384 e. The van der Waals surface area contributed by atoms with Gasteiger partial charge in [0.1, 0.15) is 16.8 Å². The average molecular weight is 571 g/mol. The summed E-state index contributed by atoms with van der Waals surface area (Å²) < 4.78 is 15.1. The lowest BCUT2D eigenvalue weighted by Crippen LogP contribution is -2.38. The van der Waals surface area contributed by atoms with E-state index in [0.29, 0.717) is 52.1 Å². The van der Waals surface area contributed by atoms with Crippen LogP contribution in [0.5, 0.6) is 0 Å². The van der Waals surface area contributed by atoms with E-state index < -0.39 is 5.92 Å². The summed E-state index contributed by atoms with van der Waals surface area (Å²) in [5.41, 5.74) is 12.7. The summed E-state index contributed by atoms with van der Waals surface area (Å²) in [6.45, 7) is 3.83. The summed E-state index contributed by atoms with van der Waals surface area (Å²) >= 11 is 8.31. The number of aryl methyl sites for hydroxylation is 2. The van der Waals surface area contributed by atoms with Crippen molar-refractivity contribution in [2.45, 2.75) is 39.0 Å². The molecule has 200 valence electrons. The number of thiazole rings is 1. The Labute approximate surface area is 239 Å². The van der Waals surface area contributed by atoms with Crippen LogP contribution in [0.25, 0.3) is 16.9 Å². The van der Waals surface area contributed by atoms with Gasteiger partial charge in [-0.2, -0.15) is 10.4 Å². The predicted molar refractivity (Wildman–Crippen MR) is 153 cm³/mol. The smallest absolute Gasteiger partial charge is 0.195 e. The van der Waals surface area contributed by atoms with Crippen molar-refractivity contribution in [2.75, 3.05) is 4.90 Å². The third-order valence-corrected chi connectivity index (χ3v) is 8.54. The minimum absolute atomic E-state index is 0.0506. The Hall–Kier alpha value is -4.26. The number of aromatic nitrogens is 3. The largest absolute Gasteiger partial charge is 0.384 e. The standard InChI is InChI=1S/C30H24ClFN6OS/c1-16-6-12-20(13-7-16)38-28(31)25(17(2)36-38)26-21(14-33)29(34)37(23-4-3-5-24(39)27(23)26)30-35-22(15-40-30)18-8-10-19(32)11-9-18/h6-13,15,26H,3-5,34H2,1-2H3. The number of carbonyl (C=O) groups excluding carboxylic acids is 1. The molecule has 3 heterocycles. The average Bonchev–Trinajstić information content (AvgIpc) is 3.53. The first kappa shape index (κ1) is 26.0. The van der Waals surface area contributed by atoms with E-state index in [1.807, 2.05) is 43.5 Å². The fraction of sp³-hybridized carbons (Fsp3) is 0.200. The number of Topliss-reactive ketones (excluding diaryl/α,β-unsaturated/α-hetero) is 1. The van der Waals surface area contributed by atoms with E-state index in [1.165, 1.54) is 23.5 Å². The van der Waals surface area contributed by atoms with E-state index in [4.69, 9.17) is 22.3 Å². The monoisotopic (exact) mass is 570 g/mol. The summed E-state index contributed by atoms with van der Waals surface area (Å²) in [5.74, 6) is -0.917. The first-order chi connectivity index (χ1) is 19.3. The van der Waals surface area contributed by atoms with Gasteiger partial charge < -0.3 is 5.73 Å². The van der Waals surface area contributed by atoms with Crippen LogP contribution >= 0.6 is 22.9 Å². The lowest BCUT2D eigenvalue weighted by Gasteiger charge is -2.38. The molecule has 0 radical (unpaired) electrons. The SMILES string of the molecule is Cc1ccc(-n2nc(C)c(C3C(C#N)=C(N)N(c4nc(-c5ccc(F)cc5)cs4)C4=C3C(=O)CCC4)c2Cl)cc1. The van der Waals surface area contributed by atoms with Crippen LogP contribution < -0.4 is 10.6 Å². The maximum atomic E-state index is 13.6. The lowest BCUT2D eigenvalue weighted by molar-refractivity contribution is -0.116. The van der Waals surface area contributed by atoms with Gasteiger partial charge in [-0.1, -0.05) is 29.3 Å². The number of anilines is 1. The molecule has 7 nitrogen and oxygen atoms in total. The second-order valence-corrected chi connectivity index (χ2v) is 11.1. The van der Waals surface area contributed by atoms with Crippen LogP contribution in [0.4, 0.5) is 9.52 Å². The fourth-order valence-corrected chi connectivity index (χ4v) is 6.66. The Kier molecular flexibility index (Phi) is 6.53. The van der Waals surface area contributed by atoms with E-state index in [-0.39, 0.29) is 23.0 Å². The summed E-state index contributed by atoms with van der Waals surface area (Å²) in [7, 11) is 0. The Morgan fingerprint density at radius 2 is 1.85 bits per heavy atom. The molecule has 6 rings (SSSR count). The van der Waals surface area contributed by atoms with Crippen LogP contribution in [-0.4, -0.2) is 20.5 Å². The van der Waals surface area contributed by atoms with Crippen molar-refractivity contribution < 1.29 is 9.18 Å². The fourth-order valence-electron chi connectivity index (χ4n) is 5.41. The van der Waals surface area contributed by atoms with Crippen LogP contribution in [-0.2, 0) is 4.79 Å². The van der Waals surface area contributed by atoms with Gasteiger partial charge in [-0.25, -0.2) is 14.1 Å². The second kappa shape index (κ2) is 10.0. The number of carbonyl (C=O) groups is 1. The van der Waals surface area contributed by atoms with Crippen molar-refractivity contribution in [1.29, 1.82) is 5.26 Å². The molecule has 0 saturated heterocycles. The highest BCUT2D eigenvalue weighted by atomic mass is 35.5. The van der Waals surface area contributed by atoms with Crippen molar-refractivity contribution in [3.63, 3.8) is 0 Å². The molecule has 2 aromatic heterocycles. The predicted octanol–water partition coefficient (Wildman–Crippen LogP) is 6.71. The van der Waals surface area contributed by atoms with Crippen LogP contribution in [0.2, 0.25) is 5.15 Å². The molecular formula is C30H24ClFN6OS. The van der Waals surface area contributed by atoms with Gasteiger partial charge in [0.05, 0.1) is 34.6 Å². The number of benzene rings is 2. The molecule has 1 unspecified atom stereocenters. The topological polar surface area (TPSA) is 101 Å². The normalized spacial score (nSPS) is 17.3. The number of allylic oxidation sites excluding steroid dienone is 3. The molecule has 1 aliphatic carbocycles. The highest BCUT2D eigenvalue weighted by molar-refractivity contribution is 7.14. The first-order valence-electron chi connectivity index (χ1n) is 12.8. The summed E-state index contributed by atoms with van der Waals surface area (Å²) in [6.07, 6.45) is 1.61. The van der Waals surface area contributed by atoms with Gasteiger partial charge in [0, 0.05) is 34.2 Å². The molecular weight excluding hydrogens is 547 g/mol. The molecule has 0 amide bonds.